The van der Waals surface area contributed by atoms with Gasteiger partial charge in [-0.3, -0.25) is 4.79 Å². The Kier molecular flexibility index (Phi) is 5.92. The zero-order valence-corrected chi connectivity index (χ0v) is 13.8. The van der Waals surface area contributed by atoms with E-state index in [1.165, 1.54) is 5.56 Å². The molecule has 0 aliphatic heterocycles. The van der Waals surface area contributed by atoms with E-state index in [9.17, 15) is 4.79 Å². The number of ether oxygens (including phenoxy) is 1. The number of hydrogen-bond acceptors (Lipinski definition) is 3. The van der Waals surface area contributed by atoms with Crippen molar-refractivity contribution in [1.29, 1.82) is 0 Å². The van der Waals surface area contributed by atoms with Gasteiger partial charge in [-0.15, -0.1) is 0 Å². The van der Waals surface area contributed by atoms with E-state index in [1.807, 2.05) is 19.1 Å². The topological polar surface area (TPSA) is 50.7 Å². The Morgan fingerprint density at radius 2 is 1.65 bits per heavy atom. The number of nitrogens with one attached hydrogen (secondary N) is 1. The fourth-order valence-electron chi connectivity index (χ4n) is 2.21. The van der Waals surface area contributed by atoms with Crippen molar-refractivity contribution in [3.8, 4) is 5.75 Å². The van der Waals surface area contributed by atoms with Crippen molar-refractivity contribution in [3.05, 3.63) is 65.2 Å². The molecule has 4 nitrogen and oxygen atoms in total. The predicted octanol–water partition coefficient (Wildman–Crippen LogP) is 3.80. The SMILES string of the molecule is CCCc1ccc(C(C)=NNC(=O)c2ccc(OC)cc2)cc1. The molecule has 2 aromatic carbocycles. The lowest BCUT2D eigenvalue weighted by Crippen LogP contribution is -2.19. The maximum Gasteiger partial charge on any atom is 0.271 e. The number of benzene rings is 2. The van der Waals surface area contributed by atoms with Crippen molar-refractivity contribution in [3.63, 3.8) is 0 Å². The first-order valence-corrected chi connectivity index (χ1v) is 7.72. The largest absolute Gasteiger partial charge is 0.497 e. The molecule has 4 heteroatoms. The molecule has 0 heterocycles. The lowest BCUT2D eigenvalue weighted by atomic mass is 10.1. The first-order valence-electron chi connectivity index (χ1n) is 7.72. The van der Waals surface area contributed by atoms with E-state index < -0.39 is 0 Å². The summed E-state index contributed by atoms with van der Waals surface area (Å²) in [7, 11) is 1.59. The second kappa shape index (κ2) is 8.13. The van der Waals surface area contributed by atoms with Crippen LogP contribution in [0.25, 0.3) is 0 Å². The fraction of sp³-hybridized carbons (Fsp3) is 0.263. The van der Waals surface area contributed by atoms with E-state index in [0.29, 0.717) is 11.3 Å². The molecule has 0 fully saturated rings. The van der Waals surface area contributed by atoms with E-state index >= 15 is 0 Å². The van der Waals surface area contributed by atoms with Gasteiger partial charge in [0.05, 0.1) is 12.8 Å². The van der Waals surface area contributed by atoms with Crippen molar-refractivity contribution in [2.24, 2.45) is 5.10 Å². The number of aryl methyl sites for hydroxylation is 1. The monoisotopic (exact) mass is 310 g/mol. The van der Waals surface area contributed by atoms with Crippen LogP contribution >= 0.6 is 0 Å². The van der Waals surface area contributed by atoms with Crippen LogP contribution in [-0.2, 0) is 6.42 Å². The molecule has 0 bridgehead atoms. The van der Waals surface area contributed by atoms with Crippen LogP contribution in [-0.4, -0.2) is 18.7 Å². The summed E-state index contributed by atoms with van der Waals surface area (Å²) >= 11 is 0. The highest BCUT2D eigenvalue weighted by Gasteiger charge is 2.05. The number of amides is 1. The van der Waals surface area contributed by atoms with Gasteiger partial charge in [0.2, 0.25) is 0 Å². The lowest BCUT2D eigenvalue weighted by Gasteiger charge is -2.05. The van der Waals surface area contributed by atoms with Gasteiger partial charge in [0.25, 0.3) is 5.91 Å². The molecule has 0 saturated carbocycles. The minimum atomic E-state index is -0.241. The molecule has 0 aliphatic carbocycles. The molecule has 1 N–H and O–H groups in total. The Morgan fingerprint density at radius 3 is 2.22 bits per heavy atom. The van der Waals surface area contributed by atoms with Crippen molar-refractivity contribution >= 4 is 11.6 Å². The Hall–Kier alpha value is -2.62. The molecule has 2 aromatic rings. The zero-order chi connectivity index (χ0) is 16.7. The summed E-state index contributed by atoms with van der Waals surface area (Å²) in [5, 5.41) is 4.17. The summed E-state index contributed by atoms with van der Waals surface area (Å²) in [6.45, 7) is 4.04. The first-order chi connectivity index (χ1) is 11.1. The van der Waals surface area contributed by atoms with Gasteiger partial charge in [-0.05, 0) is 48.7 Å². The Balaban J connectivity index is 2.01. The number of methoxy groups -OCH3 is 1. The van der Waals surface area contributed by atoms with Crippen LogP contribution in [0.15, 0.2) is 53.6 Å². The Morgan fingerprint density at radius 1 is 1.04 bits per heavy atom. The van der Waals surface area contributed by atoms with Crippen LogP contribution in [0, 0.1) is 0 Å². The number of carbonyl (C=O) groups excluding carboxylic acids is 1. The fourth-order valence-corrected chi connectivity index (χ4v) is 2.21. The third-order valence-electron chi connectivity index (χ3n) is 3.59. The third kappa shape index (κ3) is 4.68. The molecule has 1 amide bonds. The molecule has 0 aromatic heterocycles. The molecule has 2 rings (SSSR count). The van der Waals surface area contributed by atoms with Crippen molar-refractivity contribution in [1.82, 2.24) is 5.43 Å². The van der Waals surface area contributed by atoms with Gasteiger partial charge in [-0.25, -0.2) is 5.43 Å². The molecule has 0 spiro atoms. The van der Waals surface area contributed by atoms with E-state index in [0.717, 1.165) is 24.1 Å². The molecule has 120 valence electrons. The van der Waals surface area contributed by atoms with E-state index in [4.69, 9.17) is 4.74 Å². The molecular weight excluding hydrogens is 288 g/mol. The molecule has 0 radical (unpaired) electrons. The summed E-state index contributed by atoms with van der Waals surface area (Å²) in [5.74, 6) is 0.475. The smallest absolute Gasteiger partial charge is 0.271 e. The highest BCUT2D eigenvalue weighted by Crippen LogP contribution is 2.11. The number of hydrazone groups is 1. The summed E-state index contributed by atoms with van der Waals surface area (Å²) in [5.41, 5.74) is 6.21. The quantitative estimate of drug-likeness (QED) is 0.651. The maximum absolute atomic E-state index is 12.1. The summed E-state index contributed by atoms with van der Waals surface area (Å²) in [6.07, 6.45) is 2.20. The van der Waals surface area contributed by atoms with Gasteiger partial charge in [0, 0.05) is 5.56 Å². The van der Waals surface area contributed by atoms with Crippen LogP contribution in [0.1, 0.15) is 41.8 Å². The summed E-state index contributed by atoms with van der Waals surface area (Å²) < 4.78 is 5.07. The standard InChI is InChI=1S/C19H22N2O2/c1-4-5-15-6-8-16(9-7-15)14(2)20-21-19(22)17-10-12-18(23-3)13-11-17/h6-13H,4-5H2,1-3H3,(H,21,22). The van der Waals surface area contributed by atoms with Gasteiger partial charge < -0.3 is 4.74 Å². The molecule has 0 saturated heterocycles. The van der Waals surface area contributed by atoms with E-state index in [1.54, 1.807) is 31.4 Å². The van der Waals surface area contributed by atoms with Crippen LogP contribution in [0.5, 0.6) is 5.75 Å². The van der Waals surface area contributed by atoms with Crippen LogP contribution < -0.4 is 10.2 Å². The van der Waals surface area contributed by atoms with Gasteiger partial charge in [-0.2, -0.15) is 5.10 Å². The van der Waals surface area contributed by atoms with Gasteiger partial charge in [-0.1, -0.05) is 37.6 Å². The predicted molar refractivity (Wildman–Crippen MR) is 93.1 cm³/mol. The van der Waals surface area contributed by atoms with Crippen molar-refractivity contribution in [2.75, 3.05) is 7.11 Å². The Labute approximate surface area is 137 Å². The average molecular weight is 310 g/mol. The minimum Gasteiger partial charge on any atom is -0.497 e. The average Bonchev–Trinajstić information content (AvgIpc) is 2.60. The van der Waals surface area contributed by atoms with E-state index in [-0.39, 0.29) is 5.91 Å². The van der Waals surface area contributed by atoms with Crippen LogP contribution in [0.3, 0.4) is 0 Å². The highest BCUT2D eigenvalue weighted by atomic mass is 16.5. The maximum atomic E-state index is 12.1. The normalized spacial score (nSPS) is 11.2. The molecule has 23 heavy (non-hydrogen) atoms. The number of carbonyl (C=O) groups is 1. The first kappa shape index (κ1) is 16.7. The molecular formula is C19H22N2O2. The van der Waals surface area contributed by atoms with Gasteiger partial charge in [0.1, 0.15) is 5.75 Å². The molecule has 0 unspecified atom stereocenters. The van der Waals surface area contributed by atoms with Crippen LogP contribution in [0.4, 0.5) is 0 Å². The summed E-state index contributed by atoms with van der Waals surface area (Å²) in [6, 6.07) is 15.2. The Bertz CT molecular complexity index is 674. The number of nitrogens with zero attached hydrogens (tertiary/aromatic N) is 1. The van der Waals surface area contributed by atoms with Gasteiger partial charge in [0.15, 0.2) is 0 Å². The number of rotatable bonds is 6. The van der Waals surface area contributed by atoms with Gasteiger partial charge >= 0.3 is 0 Å². The second-order valence-corrected chi connectivity index (χ2v) is 5.31. The van der Waals surface area contributed by atoms with Crippen LogP contribution in [0.2, 0.25) is 0 Å². The van der Waals surface area contributed by atoms with Crippen molar-refractivity contribution < 1.29 is 9.53 Å². The van der Waals surface area contributed by atoms with E-state index in [2.05, 4.69) is 29.6 Å². The third-order valence-corrected chi connectivity index (χ3v) is 3.59. The summed E-state index contributed by atoms with van der Waals surface area (Å²) in [4.78, 5) is 12.1. The number of hydrogen-bond donors (Lipinski definition) is 1. The molecule has 0 aliphatic rings. The zero-order valence-electron chi connectivity index (χ0n) is 13.8. The minimum absolute atomic E-state index is 0.241. The lowest BCUT2D eigenvalue weighted by molar-refractivity contribution is 0.0955. The van der Waals surface area contributed by atoms with Crippen molar-refractivity contribution in [2.45, 2.75) is 26.7 Å². The second-order valence-electron chi connectivity index (χ2n) is 5.31. The molecule has 0 atom stereocenters. The highest BCUT2D eigenvalue weighted by molar-refractivity contribution is 6.00.